The van der Waals surface area contributed by atoms with Gasteiger partial charge >= 0.3 is 0 Å². The van der Waals surface area contributed by atoms with Crippen LogP contribution in [0.4, 0.5) is 0 Å². The molecule has 120 valence electrons. The van der Waals surface area contributed by atoms with Crippen molar-refractivity contribution in [3.05, 3.63) is 47.4 Å². The summed E-state index contributed by atoms with van der Waals surface area (Å²) in [6, 6.07) is 6.51. The molecule has 0 aliphatic rings. The van der Waals surface area contributed by atoms with Gasteiger partial charge in [0.2, 0.25) is 0 Å². The third-order valence-electron chi connectivity index (χ3n) is 4.34. The Balaban J connectivity index is 2.11. The number of aromatic nitrogens is 3. The molecule has 0 amide bonds. The first-order valence-electron chi connectivity index (χ1n) is 8.44. The summed E-state index contributed by atoms with van der Waals surface area (Å²) in [5, 5.41) is 0. The maximum absolute atomic E-state index is 4.96. The van der Waals surface area contributed by atoms with E-state index in [4.69, 9.17) is 4.98 Å². The van der Waals surface area contributed by atoms with Gasteiger partial charge in [0.25, 0.3) is 0 Å². The molecule has 3 heteroatoms. The smallest absolute Gasteiger partial charge is 0.0917 e. The molecule has 0 saturated heterocycles. The maximum Gasteiger partial charge on any atom is 0.0917 e. The summed E-state index contributed by atoms with van der Waals surface area (Å²) in [6.45, 7) is 11.8. The van der Waals surface area contributed by atoms with E-state index in [-0.39, 0.29) is 0 Å². The van der Waals surface area contributed by atoms with Crippen molar-refractivity contribution in [2.75, 3.05) is 0 Å². The zero-order valence-corrected chi connectivity index (χ0v) is 14.7. The summed E-state index contributed by atoms with van der Waals surface area (Å²) >= 11 is 0. The molecule has 3 heterocycles. The highest BCUT2D eigenvalue weighted by Crippen LogP contribution is 2.28. The van der Waals surface area contributed by atoms with Crippen molar-refractivity contribution < 1.29 is 0 Å². The zero-order chi connectivity index (χ0) is 16.6. The van der Waals surface area contributed by atoms with Gasteiger partial charge in [-0.05, 0) is 55.5 Å². The standard InChI is InChI=1S/C20H25N3/c1-6-9-23-12-15(5)20-18(23)10-14(4)19(22-20)16-7-8-17(13(2)3)21-11-16/h7-8,10-13H,6,9H2,1-5H3. The van der Waals surface area contributed by atoms with E-state index in [0.29, 0.717) is 5.92 Å². The molecule has 0 unspecified atom stereocenters. The molecular formula is C20H25N3. The van der Waals surface area contributed by atoms with Crippen molar-refractivity contribution in [2.45, 2.75) is 53.5 Å². The third kappa shape index (κ3) is 2.88. The van der Waals surface area contributed by atoms with Crippen molar-refractivity contribution >= 4 is 11.0 Å². The molecule has 3 rings (SSSR count). The first-order chi connectivity index (χ1) is 11.0. The highest BCUT2D eigenvalue weighted by molar-refractivity contribution is 5.84. The van der Waals surface area contributed by atoms with Crippen LogP contribution >= 0.6 is 0 Å². The molecule has 0 fully saturated rings. The van der Waals surface area contributed by atoms with Crippen molar-refractivity contribution in [1.29, 1.82) is 0 Å². The molecule has 0 spiro atoms. The second kappa shape index (κ2) is 6.15. The van der Waals surface area contributed by atoms with Gasteiger partial charge in [0.1, 0.15) is 0 Å². The highest BCUT2D eigenvalue weighted by Gasteiger charge is 2.12. The monoisotopic (exact) mass is 307 g/mol. The van der Waals surface area contributed by atoms with E-state index in [1.807, 2.05) is 6.20 Å². The van der Waals surface area contributed by atoms with E-state index >= 15 is 0 Å². The van der Waals surface area contributed by atoms with Crippen LogP contribution in [0.15, 0.2) is 30.6 Å². The molecule has 0 N–H and O–H groups in total. The molecule has 23 heavy (non-hydrogen) atoms. The summed E-state index contributed by atoms with van der Waals surface area (Å²) in [4.78, 5) is 9.55. The predicted molar refractivity (Wildman–Crippen MR) is 96.8 cm³/mol. The Morgan fingerprint density at radius 1 is 1.13 bits per heavy atom. The molecule has 3 aromatic heterocycles. The summed E-state index contributed by atoms with van der Waals surface area (Å²) < 4.78 is 2.31. The third-order valence-corrected chi connectivity index (χ3v) is 4.34. The Hall–Kier alpha value is -2.16. The lowest BCUT2D eigenvalue weighted by Crippen LogP contribution is -1.97. The van der Waals surface area contributed by atoms with Crippen LogP contribution in [0, 0.1) is 13.8 Å². The highest BCUT2D eigenvalue weighted by atomic mass is 15.0. The van der Waals surface area contributed by atoms with Gasteiger partial charge in [-0.3, -0.25) is 4.98 Å². The second-order valence-corrected chi connectivity index (χ2v) is 6.65. The summed E-state index contributed by atoms with van der Waals surface area (Å²) in [6.07, 6.45) is 5.30. The Labute approximate surface area is 138 Å². The van der Waals surface area contributed by atoms with E-state index in [1.165, 1.54) is 16.6 Å². The SMILES string of the molecule is CCCn1cc(C)c2nc(-c3ccc(C(C)C)nc3)c(C)cc21. The minimum absolute atomic E-state index is 0.450. The van der Waals surface area contributed by atoms with Crippen molar-refractivity contribution in [3.8, 4) is 11.3 Å². The molecule has 0 aliphatic carbocycles. The van der Waals surface area contributed by atoms with Crippen molar-refractivity contribution in [3.63, 3.8) is 0 Å². The molecule has 0 radical (unpaired) electrons. The molecule has 3 nitrogen and oxygen atoms in total. The Kier molecular flexibility index (Phi) is 4.20. The van der Waals surface area contributed by atoms with Gasteiger partial charge < -0.3 is 4.57 Å². The van der Waals surface area contributed by atoms with Gasteiger partial charge in [-0.1, -0.05) is 20.8 Å². The average Bonchev–Trinajstić information content (AvgIpc) is 2.82. The van der Waals surface area contributed by atoms with Gasteiger partial charge in [-0.2, -0.15) is 0 Å². The van der Waals surface area contributed by atoms with E-state index in [2.05, 4.69) is 68.6 Å². The minimum Gasteiger partial charge on any atom is -0.346 e. The number of rotatable bonds is 4. The van der Waals surface area contributed by atoms with E-state index in [9.17, 15) is 0 Å². The second-order valence-electron chi connectivity index (χ2n) is 6.65. The molecule has 0 aromatic carbocycles. The molecule has 0 aliphatic heterocycles. The van der Waals surface area contributed by atoms with Crippen LogP contribution in [-0.4, -0.2) is 14.5 Å². The molecule has 3 aromatic rings. The predicted octanol–water partition coefficient (Wildman–Crippen LogP) is 5.25. The largest absolute Gasteiger partial charge is 0.346 e. The molecule has 0 atom stereocenters. The summed E-state index contributed by atoms with van der Waals surface area (Å²) in [7, 11) is 0. The van der Waals surface area contributed by atoms with Gasteiger partial charge in [0, 0.05) is 30.2 Å². The first kappa shape index (κ1) is 15.7. The van der Waals surface area contributed by atoms with Crippen molar-refractivity contribution in [2.24, 2.45) is 0 Å². The number of fused-ring (bicyclic) bond motifs is 1. The molecule has 0 bridgehead atoms. The van der Waals surface area contributed by atoms with Crippen LogP contribution in [0.1, 0.15) is 49.9 Å². The molecule has 0 saturated carbocycles. The lowest BCUT2D eigenvalue weighted by atomic mass is 10.0. The normalized spacial score (nSPS) is 11.6. The van der Waals surface area contributed by atoms with Gasteiger partial charge in [0.05, 0.1) is 16.7 Å². The number of nitrogens with zero attached hydrogens (tertiary/aromatic N) is 3. The van der Waals surface area contributed by atoms with Crippen LogP contribution in [0.25, 0.3) is 22.3 Å². The number of aryl methyl sites for hydroxylation is 3. The Bertz CT molecular complexity index is 826. The van der Waals surface area contributed by atoms with Crippen LogP contribution in [0.3, 0.4) is 0 Å². The van der Waals surface area contributed by atoms with Gasteiger partial charge in [0.15, 0.2) is 0 Å². The fraction of sp³-hybridized carbons (Fsp3) is 0.400. The van der Waals surface area contributed by atoms with Crippen LogP contribution in [0.2, 0.25) is 0 Å². The Morgan fingerprint density at radius 3 is 2.52 bits per heavy atom. The topological polar surface area (TPSA) is 30.7 Å². The quantitative estimate of drug-likeness (QED) is 0.659. The van der Waals surface area contributed by atoms with Crippen molar-refractivity contribution in [1.82, 2.24) is 14.5 Å². The number of pyridine rings is 2. The minimum atomic E-state index is 0.450. The average molecular weight is 307 g/mol. The number of hydrogen-bond acceptors (Lipinski definition) is 2. The summed E-state index contributed by atoms with van der Waals surface area (Å²) in [5.41, 5.74) is 8.03. The maximum atomic E-state index is 4.96. The lowest BCUT2D eigenvalue weighted by molar-refractivity contribution is 0.702. The fourth-order valence-electron chi connectivity index (χ4n) is 3.08. The van der Waals surface area contributed by atoms with E-state index in [0.717, 1.165) is 35.4 Å². The molecular weight excluding hydrogens is 282 g/mol. The van der Waals surface area contributed by atoms with Crippen LogP contribution < -0.4 is 0 Å². The number of hydrogen-bond donors (Lipinski definition) is 0. The summed E-state index contributed by atoms with van der Waals surface area (Å²) in [5.74, 6) is 0.450. The van der Waals surface area contributed by atoms with E-state index < -0.39 is 0 Å². The van der Waals surface area contributed by atoms with Crippen LogP contribution in [0.5, 0.6) is 0 Å². The first-order valence-corrected chi connectivity index (χ1v) is 8.44. The fourth-order valence-corrected chi connectivity index (χ4v) is 3.08. The van der Waals surface area contributed by atoms with Gasteiger partial charge in [-0.25, -0.2) is 4.98 Å². The Morgan fingerprint density at radius 2 is 1.91 bits per heavy atom. The zero-order valence-electron chi connectivity index (χ0n) is 14.7. The van der Waals surface area contributed by atoms with E-state index in [1.54, 1.807) is 0 Å². The lowest BCUT2D eigenvalue weighted by Gasteiger charge is -2.09. The van der Waals surface area contributed by atoms with Crippen LogP contribution in [-0.2, 0) is 6.54 Å². The van der Waals surface area contributed by atoms with Gasteiger partial charge in [-0.15, -0.1) is 0 Å².